The van der Waals surface area contributed by atoms with Gasteiger partial charge >= 0.3 is 0 Å². The van der Waals surface area contributed by atoms with Crippen molar-refractivity contribution in [2.75, 3.05) is 19.7 Å². The molecule has 1 saturated heterocycles. The number of benzene rings is 1. The van der Waals surface area contributed by atoms with Crippen LogP contribution in [0, 0.1) is 5.92 Å². The average Bonchev–Trinajstić information content (AvgIpc) is 3.16. The van der Waals surface area contributed by atoms with Gasteiger partial charge in [0.25, 0.3) is 0 Å². The molecule has 1 aliphatic carbocycles. The van der Waals surface area contributed by atoms with E-state index < -0.39 is 0 Å². The van der Waals surface area contributed by atoms with Gasteiger partial charge in [0.15, 0.2) is 0 Å². The Morgan fingerprint density at radius 1 is 1.40 bits per heavy atom. The van der Waals surface area contributed by atoms with Gasteiger partial charge in [-0.1, -0.05) is 12.1 Å². The molecular weight excluding hydrogens is 274 g/mol. The third-order valence-corrected chi connectivity index (χ3v) is 4.82. The zero-order valence-corrected chi connectivity index (χ0v) is 12.7. The third kappa shape index (κ3) is 2.32. The first-order valence-corrected chi connectivity index (χ1v) is 7.35. The van der Waals surface area contributed by atoms with E-state index in [1.165, 1.54) is 24.0 Å². The first-order chi connectivity index (χ1) is 9.26. The summed E-state index contributed by atoms with van der Waals surface area (Å²) in [6.45, 7) is 5.74. The number of nitrogens with one attached hydrogen (secondary N) is 1. The number of hydrogen-bond donors (Lipinski definition) is 1. The Morgan fingerprint density at radius 2 is 2.25 bits per heavy atom. The molecule has 2 atom stereocenters. The normalized spacial score (nSPS) is 31.1. The largest absolute Gasteiger partial charge is 0.493 e. The minimum Gasteiger partial charge on any atom is -0.493 e. The predicted octanol–water partition coefficient (Wildman–Crippen LogP) is 2.87. The van der Waals surface area contributed by atoms with E-state index in [1.807, 2.05) is 0 Å². The Kier molecular flexibility index (Phi) is 3.69. The van der Waals surface area contributed by atoms with Gasteiger partial charge < -0.3 is 14.8 Å². The third-order valence-electron chi connectivity index (χ3n) is 4.82. The molecule has 0 amide bonds. The second-order valence-corrected chi connectivity index (χ2v) is 6.36. The Bertz CT molecular complexity index is 503. The van der Waals surface area contributed by atoms with Gasteiger partial charge in [-0.25, -0.2) is 0 Å². The zero-order chi connectivity index (χ0) is 12.9. The predicted molar refractivity (Wildman–Crippen MR) is 80.7 cm³/mol. The van der Waals surface area contributed by atoms with E-state index in [4.69, 9.17) is 9.47 Å². The van der Waals surface area contributed by atoms with Crippen LogP contribution in [0.2, 0.25) is 0 Å². The number of fused-ring (bicyclic) bond motifs is 3. The van der Waals surface area contributed by atoms with Gasteiger partial charge in [-0.05, 0) is 37.3 Å². The molecule has 110 valence electrons. The quantitative estimate of drug-likeness (QED) is 0.930. The highest BCUT2D eigenvalue weighted by Crippen LogP contribution is 2.44. The Morgan fingerprint density at radius 3 is 3.05 bits per heavy atom. The average molecular weight is 296 g/mol. The lowest BCUT2D eigenvalue weighted by Crippen LogP contribution is -2.39. The fourth-order valence-corrected chi connectivity index (χ4v) is 3.32. The highest BCUT2D eigenvalue weighted by atomic mass is 35.5. The summed E-state index contributed by atoms with van der Waals surface area (Å²) in [7, 11) is 0. The lowest BCUT2D eigenvalue weighted by atomic mass is 9.81. The van der Waals surface area contributed by atoms with Gasteiger partial charge in [-0.3, -0.25) is 0 Å². The number of rotatable bonds is 3. The van der Waals surface area contributed by atoms with Crippen LogP contribution >= 0.6 is 12.4 Å². The van der Waals surface area contributed by atoms with Crippen LogP contribution in [0.1, 0.15) is 36.8 Å². The van der Waals surface area contributed by atoms with Crippen LogP contribution in [0.4, 0.5) is 0 Å². The first kappa shape index (κ1) is 14.2. The van der Waals surface area contributed by atoms with Gasteiger partial charge in [0, 0.05) is 24.6 Å². The molecule has 2 aliphatic heterocycles. The molecule has 4 rings (SSSR count). The fraction of sp³-hybridized carbons (Fsp3) is 0.625. The lowest BCUT2D eigenvalue weighted by Gasteiger charge is -2.37. The molecule has 3 aliphatic rings. The molecule has 2 unspecified atom stereocenters. The summed E-state index contributed by atoms with van der Waals surface area (Å²) < 4.78 is 12.1. The molecule has 1 N–H and O–H groups in total. The van der Waals surface area contributed by atoms with Crippen molar-refractivity contribution in [1.29, 1.82) is 0 Å². The number of halogens is 1. The summed E-state index contributed by atoms with van der Waals surface area (Å²) in [4.78, 5) is 0. The summed E-state index contributed by atoms with van der Waals surface area (Å²) in [5.41, 5.74) is 2.66. The van der Waals surface area contributed by atoms with Gasteiger partial charge in [-0.15, -0.1) is 12.4 Å². The van der Waals surface area contributed by atoms with Gasteiger partial charge in [0.2, 0.25) is 0 Å². The van der Waals surface area contributed by atoms with E-state index in [0.29, 0.717) is 12.5 Å². The van der Waals surface area contributed by atoms with Crippen molar-refractivity contribution in [3.05, 3.63) is 29.3 Å². The summed E-state index contributed by atoms with van der Waals surface area (Å²) in [5.74, 6) is 2.29. The van der Waals surface area contributed by atoms with Crippen molar-refractivity contribution in [3.8, 4) is 5.75 Å². The van der Waals surface area contributed by atoms with E-state index in [1.54, 1.807) is 0 Å². The van der Waals surface area contributed by atoms with Gasteiger partial charge in [-0.2, -0.15) is 0 Å². The molecule has 2 fully saturated rings. The first-order valence-electron chi connectivity index (χ1n) is 7.35. The fourth-order valence-electron chi connectivity index (χ4n) is 3.32. The van der Waals surface area contributed by atoms with E-state index in [2.05, 4.69) is 30.4 Å². The molecule has 0 bridgehead atoms. The Hall–Kier alpha value is -0.770. The van der Waals surface area contributed by atoms with E-state index in [9.17, 15) is 0 Å². The van der Waals surface area contributed by atoms with Crippen molar-refractivity contribution >= 4 is 12.4 Å². The molecule has 0 aromatic heterocycles. The second-order valence-electron chi connectivity index (χ2n) is 6.36. The maximum Gasteiger partial charge on any atom is 0.125 e. The van der Waals surface area contributed by atoms with Gasteiger partial charge in [0.1, 0.15) is 5.75 Å². The van der Waals surface area contributed by atoms with E-state index in [0.717, 1.165) is 31.4 Å². The highest BCUT2D eigenvalue weighted by molar-refractivity contribution is 5.85. The smallest absolute Gasteiger partial charge is 0.125 e. The maximum absolute atomic E-state index is 6.14. The molecule has 0 spiro atoms. The lowest BCUT2D eigenvalue weighted by molar-refractivity contribution is -0.0527. The molecule has 20 heavy (non-hydrogen) atoms. The topological polar surface area (TPSA) is 30.5 Å². The SMILES string of the molecule is CC12CNCC1c1cccc(OCC3CC3)c1CO2.Cl. The molecular formula is C16H22ClNO2. The molecule has 4 heteroatoms. The van der Waals surface area contributed by atoms with Gasteiger partial charge in [0.05, 0.1) is 18.8 Å². The van der Waals surface area contributed by atoms with E-state index >= 15 is 0 Å². The van der Waals surface area contributed by atoms with Crippen molar-refractivity contribution in [2.24, 2.45) is 5.92 Å². The van der Waals surface area contributed by atoms with Crippen LogP contribution in [0.3, 0.4) is 0 Å². The summed E-state index contributed by atoms with van der Waals surface area (Å²) >= 11 is 0. The minimum atomic E-state index is -0.0396. The van der Waals surface area contributed by atoms with Crippen LogP contribution in [0.25, 0.3) is 0 Å². The van der Waals surface area contributed by atoms with Crippen molar-refractivity contribution in [3.63, 3.8) is 0 Å². The Balaban J connectivity index is 0.00000121. The summed E-state index contributed by atoms with van der Waals surface area (Å²) in [6.07, 6.45) is 2.66. The Labute approximate surface area is 126 Å². The molecule has 2 heterocycles. The monoisotopic (exact) mass is 295 g/mol. The van der Waals surface area contributed by atoms with Crippen LogP contribution in [0.15, 0.2) is 18.2 Å². The molecule has 0 radical (unpaired) electrons. The summed E-state index contributed by atoms with van der Waals surface area (Å²) in [6, 6.07) is 6.47. The standard InChI is InChI=1S/C16H21NO2.ClH/c1-16-10-17-7-14(16)12-3-2-4-15(13(12)9-19-16)18-8-11-5-6-11;/h2-4,11,14,17H,5-10H2,1H3;1H. The van der Waals surface area contributed by atoms with Crippen LogP contribution in [-0.4, -0.2) is 25.3 Å². The van der Waals surface area contributed by atoms with Crippen molar-refractivity contribution in [2.45, 2.75) is 37.9 Å². The molecule has 1 aromatic carbocycles. The second kappa shape index (κ2) is 5.21. The summed E-state index contributed by atoms with van der Waals surface area (Å²) in [5, 5.41) is 3.46. The number of ether oxygens (including phenoxy) is 2. The van der Waals surface area contributed by atoms with Crippen LogP contribution in [0.5, 0.6) is 5.75 Å². The highest BCUT2D eigenvalue weighted by Gasteiger charge is 2.45. The van der Waals surface area contributed by atoms with Crippen LogP contribution in [-0.2, 0) is 11.3 Å². The molecule has 3 nitrogen and oxygen atoms in total. The minimum absolute atomic E-state index is 0. The number of hydrogen-bond acceptors (Lipinski definition) is 3. The maximum atomic E-state index is 6.14. The molecule has 1 saturated carbocycles. The van der Waals surface area contributed by atoms with E-state index in [-0.39, 0.29) is 18.0 Å². The molecule has 1 aromatic rings. The zero-order valence-electron chi connectivity index (χ0n) is 11.9. The van der Waals surface area contributed by atoms with Crippen LogP contribution < -0.4 is 10.1 Å². The van der Waals surface area contributed by atoms with Crippen molar-refractivity contribution in [1.82, 2.24) is 5.32 Å². The van der Waals surface area contributed by atoms with Crippen molar-refractivity contribution < 1.29 is 9.47 Å².